The van der Waals surface area contributed by atoms with Crippen molar-refractivity contribution in [1.29, 1.82) is 0 Å². The van der Waals surface area contributed by atoms with Gasteiger partial charge >= 0.3 is 0 Å². The molecule has 1 N–H and O–H groups in total. The Morgan fingerprint density at radius 2 is 1.64 bits per heavy atom. The van der Waals surface area contributed by atoms with Gasteiger partial charge in [0.2, 0.25) is 0 Å². The van der Waals surface area contributed by atoms with Crippen molar-refractivity contribution in [1.82, 2.24) is 10.2 Å². The first-order valence-corrected chi connectivity index (χ1v) is 8.70. The van der Waals surface area contributed by atoms with E-state index in [-0.39, 0.29) is 0 Å². The number of nitrogens with one attached hydrogen (secondary N) is 1. The summed E-state index contributed by atoms with van der Waals surface area (Å²) in [5, 5.41) is 3.77. The van der Waals surface area contributed by atoms with E-state index in [2.05, 4.69) is 73.7 Å². The summed E-state index contributed by atoms with van der Waals surface area (Å²) in [5.74, 6) is 1.54. The molecule has 2 aromatic carbocycles. The molecule has 0 spiro atoms. The maximum atomic E-state index is 5.41. The van der Waals surface area contributed by atoms with Gasteiger partial charge in [0, 0.05) is 18.6 Å². The van der Waals surface area contributed by atoms with Crippen molar-refractivity contribution in [3.63, 3.8) is 0 Å². The van der Waals surface area contributed by atoms with Crippen molar-refractivity contribution in [3.8, 4) is 11.5 Å². The summed E-state index contributed by atoms with van der Waals surface area (Å²) in [4.78, 5) is 2.22. The van der Waals surface area contributed by atoms with Crippen LogP contribution in [-0.2, 0) is 6.42 Å². The van der Waals surface area contributed by atoms with Gasteiger partial charge in [0.25, 0.3) is 0 Å². The van der Waals surface area contributed by atoms with Gasteiger partial charge in [-0.05, 0) is 50.7 Å². The molecule has 0 bridgehead atoms. The van der Waals surface area contributed by atoms with Crippen molar-refractivity contribution in [3.05, 3.63) is 59.7 Å². The van der Waals surface area contributed by atoms with Crippen LogP contribution in [-0.4, -0.2) is 45.8 Å². The van der Waals surface area contributed by atoms with Crippen LogP contribution in [0, 0.1) is 0 Å². The average molecular weight is 342 g/mol. The maximum Gasteiger partial charge on any atom is 0.160 e. The van der Waals surface area contributed by atoms with Crippen molar-refractivity contribution >= 4 is 0 Å². The summed E-state index contributed by atoms with van der Waals surface area (Å²) in [6, 6.07) is 17.4. The number of benzene rings is 2. The van der Waals surface area contributed by atoms with Crippen LogP contribution in [0.15, 0.2) is 48.5 Å². The van der Waals surface area contributed by atoms with Crippen LogP contribution in [0.4, 0.5) is 0 Å². The summed E-state index contributed by atoms with van der Waals surface area (Å²) >= 11 is 0. The first-order valence-electron chi connectivity index (χ1n) is 8.70. The molecule has 0 saturated heterocycles. The second-order valence-corrected chi connectivity index (χ2v) is 6.69. The molecule has 0 aliphatic carbocycles. The third kappa shape index (κ3) is 5.76. The second kappa shape index (κ2) is 9.44. The number of rotatable bonds is 9. The van der Waals surface area contributed by atoms with Gasteiger partial charge in [-0.15, -0.1) is 0 Å². The van der Waals surface area contributed by atoms with E-state index >= 15 is 0 Å². The molecule has 0 heterocycles. The van der Waals surface area contributed by atoms with Gasteiger partial charge < -0.3 is 19.7 Å². The lowest BCUT2D eigenvalue weighted by Crippen LogP contribution is -2.37. The molecule has 2 aromatic rings. The smallest absolute Gasteiger partial charge is 0.160 e. The normalized spacial score (nSPS) is 13.5. The van der Waals surface area contributed by atoms with Gasteiger partial charge in [-0.1, -0.05) is 36.4 Å². The van der Waals surface area contributed by atoms with Crippen LogP contribution in [0.5, 0.6) is 11.5 Å². The minimum Gasteiger partial charge on any atom is -0.493 e. The number of nitrogens with zero attached hydrogens (tertiary/aromatic N) is 1. The highest BCUT2D eigenvalue weighted by Gasteiger charge is 2.16. The summed E-state index contributed by atoms with van der Waals surface area (Å²) in [6.45, 7) is 3.18. The average Bonchev–Trinajstić information content (AvgIpc) is 2.61. The highest BCUT2D eigenvalue weighted by atomic mass is 16.5. The van der Waals surface area contributed by atoms with Gasteiger partial charge in [0.05, 0.1) is 14.2 Å². The minimum atomic E-state index is 0.298. The summed E-state index contributed by atoms with van der Waals surface area (Å²) < 4.78 is 10.7. The van der Waals surface area contributed by atoms with E-state index < -0.39 is 0 Å². The molecular weight excluding hydrogens is 312 g/mol. The molecule has 0 fully saturated rings. The van der Waals surface area contributed by atoms with Gasteiger partial charge in [0.1, 0.15) is 0 Å². The Morgan fingerprint density at radius 3 is 2.24 bits per heavy atom. The van der Waals surface area contributed by atoms with E-state index in [1.165, 1.54) is 11.1 Å². The zero-order valence-corrected chi connectivity index (χ0v) is 16.0. The van der Waals surface area contributed by atoms with E-state index in [9.17, 15) is 0 Å². The van der Waals surface area contributed by atoms with E-state index in [1.54, 1.807) is 14.2 Å². The standard InChI is InChI=1S/C21H30N2O2/c1-16(13-17-11-12-20(24-4)21(14-17)25-5)22-19(15-23(2)3)18-9-7-6-8-10-18/h6-12,14,16,19,22H,13,15H2,1-5H3. The molecule has 0 aliphatic rings. The fraction of sp³-hybridized carbons (Fsp3) is 0.429. The Labute approximate surface area is 151 Å². The topological polar surface area (TPSA) is 33.7 Å². The van der Waals surface area contributed by atoms with E-state index in [1.807, 2.05) is 6.07 Å². The van der Waals surface area contributed by atoms with Crippen molar-refractivity contribution in [2.24, 2.45) is 0 Å². The summed E-state index contributed by atoms with van der Waals surface area (Å²) in [5.41, 5.74) is 2.55. The van der Waals surface area contributed by atoms with E-state index in [4.69, 9.17) is 9.47 Å². The number of hydrogen-bond acceptors (Lipinski definition) is 4. The van der Waals surface area contributed by atoms with Crippen LogP contribution in [0.25, 0.3) is 0 Å². The Morgan fingerprint density at radius 1 is 0.960 bits per heavy atom. The largest absolute Gasteiger partial charge is 0.493 e. The molecule has 0 saturated carbocycles. The Hall–Kier alpha value is -2.04. The van der Waals surface area contributed by atoms with E-state index in [0.717, 1.165) is 24.5 Å². The molecule has 136 valence electrons. The number of likely N-dealkylation sites (N-methyl/N-ethyl adjacent to an activating group) is 1. The lowest BCUT2D eigenvalue weighted by atomic mass is 10.0. The molecule has 2 atom stereocenters. The van der Waals surface area contributed by atoms with E-state index in [0.29, 0.717) is 12.1 Å². The zero-order valence-electron chi connectivity index (χ0n) is 16.0. The molecule has 4 nitrogen and oxygen atoms in total. The van der Waals surface area contributed by atoms with Gasteiger partial charge in [0.15, 0.2) is 11.5 Å². The highest BCUT2D eigenvalue weighted by molar-refractivity contribution is 5.43. The molecular formula is C21H30N2O2. The lowest BCUT2D eigenvalue weighted by molar-refractivity contribution is 0.323. The first kappa shape index (κ1) is 19.3. The van der Waals surface area contributed by atoms with Gasteiger partial charge in [-0.3, -0.25) is 0 Å². The Bertz CT molecular complexity index is 644. The lowest BCUT2D eigenvalue weighted by Gasteiger charge is -2.26. The van der Waals surface area contributed by atoms with Crippen molar-refractivity contribution < 1.29 is 9.47 Å². The monoisotopic (exact) mass is 342 g/mol. The minimum absolute atomic E-state index is 0.298. The number of ether oxygens (including phenoxy) is 2. The third-order valence-electron chi connectivity index (χ3n) is 4.23. The van der Waals surface area contributed by atoms with Gasteiger partial charge in [-0.25, -0.2) is 0 Å². The summed E-state index contributed by atoms with van der Waals surface area (Å²) in [6.07, 6.45) is 0.928. The fourth-order valence-electron chi connectivity index (χ4n) is 3.07. The summed E-state index contributed by atoms with van der Waals surface area (Å²) in [7, 11) is 7.55. The van der Waals surface area contributed by atoms with Crippen LogP contribution >= 0.6 is 0 Å². The van der Waals surface area contributed by atoms with Crippen LogP contribution in [0.1, 0.15) is 24.1 Å². The quantitative estimate of drug-likeness (QED) is 0.756. The maximum absolute atomic E-state index is 5.41. The molecule has 0 aromatic heterocycles. The third-order valence-corrected chi connectivity index (χ3v) is 4.23. The Kier molecular flexibility index (Phi) is 7.29. The van der Waals surface area contributed by atoms with Crippen molar-refractivity contribution in [2.45, 2.75) is 25.4 Å². The van der Waals surface area contributed by atoms with Gasteiger partial charge in [-0.2, -0.15) is 0 Å². The SMILES string of the molecule is COc1ccc(CC(C)NC(CN(C)C)c2ccccc2)cc1OC. The first-order chi connectivity index (χ1) is 12.0. The molecule has 0 radical (unpaired) electrons. The highest BCUT2D eigenvalue weighted by Crippen LogP contribution is 2.28. The zero-order chi connectivity index (χ0) is 18.2. The predicted octanol–water partition coefficient (Wildman–Crippen LogP) is 3.53. The van der Waals surface area contributed by atoms with Crippen LogP contribution < -0.4 is 14.8 Å². The molecule has 2 rings (SSSR count). The van der Waals surface area contributed by atoms with Crippen molar-refractivity contribution in [2.75, 3.05) is 34.9 Å². The molecule has 25 heavy (non-hydrogen) atoms. The second-order valence-electron chi connectivity index (χ2n) is 6.69. The number of methoxy groups -OCH3 is 2. The molecule has 0 aliphatic heterocycles. The van der Waals surface area contributed by atoms with Crippen LogP contribution in [0.2, 0.25) is 0 Å². The number of hydrogen-bond donors (Lipinski definition) is 1. The fourth-order valence-corrected chi connectivity index (χ4v) is 3.07. The predicted molar refractivity (Wildman–Crippen MR) is 104 cm³/mol. The van der Waals surface area contributed by atoms with Crippen LogP contribution in [0.3, 0.4) is 0 Å². The molecule has 4 heteroatoms. The molecule has 0 amide bonds. The Balaban J connectivity index is 2.07. The molecule has 2 unspecified atom stereocenters.